The molecule has 0 nitrogen and oxygen atoms in total. The number of hydrogen-bond acceptors (Lipinski definition) is 0. The molecule has 0 aromatic heterocycles. The van der Waals surface area contributed by atoms with Crippen molar-refractivity contribution in [2.24, 2.45) is 0 Å². The Balaban J connectivity index is 1.14. The lowest BCUT2D eigenvalue weighted by Gasteiger charge is -2.33. The van der Waals surface area contributed by atoms with Crippen molar-refractivity contribution >= 4 is 0 Å². The summed E-state index contributed by atoms with van der Waals surface area (Å²) in [6.07, 6.45) is 0. The third kappa shape index (κ3) is 5.39. The summed E-state index contributed by atoms with van der Waals surface area (Å²) in [5, 5.41) is 0. The van der Waals surface area contributed by atoms with Gasteiger partial charge < -0.3 is 0 Å². The largest absolute Gasteiger partial charge is 0.0725 e. The molecular formula is C66H62. The van der Waals surface area contributed by atoms with Crippen LogP contribution in [0.15, 0.2) is 158 Å². The third-order valence-corrected chi connectivity index (χ3v) is 16.2. The number of hydrogen-bond donors (Lipinski definition) is 0. The van der Waals surface area contributed by atoms with Gasteiger partial charge in [0.15, 0.2) is 0 Å². The summed E-state index contributed by atoms with van der Waals surface area (Å²) in [5.74, 6) is 0. The van der Waals surface area contributed by atoms with Gasteiger partial charge in [0.2, 0.25) is 0 Å². The number of fused-ring (bicyclic) bond motifs is 20. The molecule has 4 aliphatic rings. The molecule has 2 spiro atoms. The van der Waals surface area contributed by atoms with E-state index in [1.165, 1.54) is 122 Å². The van der Waals surface area contributed by atoms with Crippen molar-refractivity contribution < 1.29 is 0 Å². The van der Waals surface area contributed by atoms with Crippen LogP contribution in [0.3, 0.4) is 0 Å². The summed E-state index contributed by atoms with van der Waals surface area (Å²) >= 11 is 0. The van der Waals surface area contributed by atoms with Crippen LogP contribution < -0.4 is 0 Å². The molecule has 0 atom stereocenters. The van der Waals surface area contributed by atoms with Crippen LogP contribution in [0, 0.1) is 0 Å². The van der Waals surface area contributed by atoms with Gasteiger partial charge in [-0.15, -0.1) is 0 Å². The lowest BCUT2D eigenvalue weighted by molar-refractivity contribution is 0.586. The molecule has 12 rings (SSSR count). The van der Waals surface area contributed by atoms with Crippen LogP contribution in [0.2, 0.25) is 0 Å². The van der Waals surface area contributed by atoms with E-state index in [9.17, 15) is 0 Å². The Bertz CT molecular complexity index is 3040. The molecule has 0 N–H and O–H groups in total. The van der Waals surface area contributed by atoms with E-state index in [-0.39, 0.29) is 21.7 Å². The van der Waals surface area contributed by atoms with E-state index < -0.39 is 10.8 Å². The molecule has 0 heteroatoms. The van der Waals surface area contributed by atoms with Crippen molar-refractivity contribution in [1.82, 2.24) is 0 Å². The maximum atomic E-state index is 2.59. The van der Waals surface area contributed by atoms with Gasteiger partial charge in [-0.3, -0.25) is 0 Å². The first kappa shape index (κ1) is 41.2. The van der Waals surface area contributed by atoms with Crippen LogP contribution in [0.1, 0.15) is 150 Å². The van der Waals surface area contributed by atoms with Crippen molar-refractivity contribution in [3.05, 3.63) is 224 Å². The molecule has 0 bridgehead atoms. The van der Waals surface area contributed by atoms with E-state index in [1.54, 1.807) is 0 Å². The zero-order valence-corrected chi connectivity index (χ0v) is 41.0. The van der Waals surface area contributed by atoms with Gasteiger partial charge in [0.25, 0.3) is 0 Å². The number of rotatable bonds is 1. The molecule has 4 aliphatic carbocycles. The average molecular weight is 855 g/mol. The van der Waals surface area contributed by atoms with Crippen molar-refractivity contribution in [2.45, 2.75) is 116 Å². The second kappa shape index (κ2) is 13.2. The monoisotopic (exact) mass is 854 g/mol. The van der Waals surface area contributed by atoms with Crippen molar-refractivity contribution in [3.8, 4) is 55.6 Å². The maximum Gasteiger partial charge on any atom is 0.0725 e. The van der Waals surface area contributed by atoms with Gasteiger partial charge in [-0.1, -0.05) is 229 Å². The second-order valence-corrected chi connectivity index (χ2v) is 24.2. The van der Waals surface area contributed by atoms with E-state index in [0.717, 1.165) is 0 Å². The van der Waals surface area contributed by atoms with Crippen LogP contribution in [0.5, 0.6) is 0 Å². The van der Waals surface area contributed by atoms with E-state index in [4.69, 9.17) is 0 Å². The minimum Gasteiger partial charge on any atom is -0.0619 e. The van der Waals surface area contributed by atoms with Crippen LogP contribution in [-0.4, -0.2) is 0 Å². The Kier molecular flexibility index (Phi) is 8.26. The van der Waals surface area contributed by atoms with Crippen LogP contribution in [0.25, 0.3) is 55.6 Å². The van der Waals surface area contributed by atoms with Crippen molar-refractivity contribution in [2.75, 3.05) is 0 Å². The Morgan fingerprint density at radius 3 is 0.727 bits per heavy atom. The Morgan fingerprint density at radius 2 is 0.455 bits per heavy atom. The van der Waals surface area contributed by atoms with Gasteiger partial charge in [0, 0.05) is 0 Å². The van der Waals surface area contributed by atoms with Gasteiger partial charge in [-0.2, -0.15) is 0 Å². The Labute approximate surface area is 393 Å². The predicted molar refractivity (Wildman–Crippen MR) is 279 cm³/mol. The molecule has 8 aromatic carbocycles. The molecule has 0 aliphatic heterocycles. The highest BCUT2D eigenvalue weighted by Gasteiger charge is 2.54. The quantitative estimate of drug-likeness (QED) is 0.154. The highest BCUT2D eigenvalue weighted by atomic mass is 14.6. The standard InChI is InChI=1S/C66H62/c1-61(2,3)41-23-29-49-50-30-24-42(62(4,5)6)36-58(50)65(57(49)35-41)53-19-15-13-17-45(53)47-27-21-39(33-55(47)65)40-22-28-48-46-18-14-16-20-54(46)66(56(48)34-40)59-37-43(63(7,8)9)25-31-51(59)52-32-26-44(38-60(52)66)64(10,11)12/h13-38H,1-12H3. The first-order valence-electron chi connectivity index (χ1n) is 24.3. The number of benzene rings is 8. The molecule has 0 fully saturated rings. The molecular weight excluding hydrogens is 793 g/mol. The van der Waals surface area contributed by atoms with Gasteiger partial charge in [0.05, 0.1) is 10.8 Å². The fraction of sp³-hybridized carbons (Fsp3) is 0.273. The summed E-state index contributed by atoms with van der Waals surface area (Å²) in [7, 11) is 0. The first-order chi connectivity index (χ1) is 31.2. The molecule has 0 saturated carbocycles. The minimum atomic E-state index is -0.459. The molecule has 0 radical (unpaired) electrons. The summed E-state index contributed by atoms with van der Waals surface area (Å²) in [5.41, 5.74) is 29.0. The molecule has 8 aromatic rings. The molecule has 0 unspecified atom stereocenters. The SMILES string of the molecule is CC(C)(C)c1ccc2c(c1)C1(c3ccccc3-c3ccc(-c4ccc5c(c4)C4(c6ccccc6-5)c5cc(C(C)(C)C)ccc5-c5ccc(C(C)(C)C)cc54)cc31)c1cc(C(C)(C)C)ccc1-2. The highest BCUT2D eigenvalue weighted by molar-refractivity contribution is 5.99. The van der Waals surface area contributed by atoms with Crippen molar-refractivity contribution in [1.29, 1.82) is 0 Å². The second-order valence-electron chi connectivity index (χ2n) is 24.2. The topological polar surface area (TPSA) is 0 Å². The normalized spacial score (nSPS) is 15.5. The molecule has 0 amide bonds. The summed E-state index contributed by atoms with van der Waals surface area (Å²) in [4.78, 5) is 0. The summed E-state index contributed by atoms with van der Waals surface area (Å²) in [6, 6.07) is 62.9. The molecule has 326 valence electrons. The zero-order chi connectivity index (χ0) is 46.1. The highest BCUT2D eigenvalue weighted by Crippen LogP contribution is 2.66. The molecule has 0 heterocycles. The van der Waals surface area contributed by atoms with Gasteiger partial charge in [-0.25, -0.2) is 0 Å². The van der Waals surface area contributed by atoms with Gasteiger partial charge in [0.1, 0.15) is 0 Å². The van der Waals surface area contributed by atoms with Crippen LogP contribution in [0.4, 0.5) is 0 Å². The minimum absolute atomic E-state index is 0.00107. The predicted octanol–water partition coefficient (Wildman–Crippen LogP) is 17.2. The van der Waals surface area contributed by atoms with Gasteiger partial charge >= 0.3 is 0 Å². The van der Waals surface area contributed by atoms with Crippen molar-refractivity contribution in [3.63, 3.8) is 0 Å². The Hall–Kier alpha value is -6.24. The zero-order valence-electron chi connectivity index (χ0n) is 41.0. The molecule has 0 saturated heterocycles. The maximum absolute atomic E-state index is 2.59. The Morgan fingerprint density at radius 1 is 0.227 bits per heavy atom. The average Bonchev–Trinajstić information content (AvgIpc) is 3.95. The first-order valence-corrected chi connectivity index (χ1v) is 24.3. The van der Waals surface area contributed by atoms with Crippen LogP contribution >= 0.6 is 0 Å². The van der Waals surface area contributed by atoms with E-state index >= 15 is 0 Å². The fourth-order valence-electron chi connectivity index (χ4n) is 12.6. The van der Waals surface area contributed by atoms with E-state index in [0.29, 0.717) is 0 Å². The lowest BCUT2D eigenvalue weighted by atomic mass is 9.68. The van der Waals surface area contributed by atoms with Crippen LogP contribution in [-0.2, 0) is 32.5 Å². The van der Waals surface area contributed by atoms with Gasteiger partial charge in [-0.05, 0) is 156 Å². The lowest BCUT2D eigenvalue weighted by Crippen LogP contribution is -2.27. The fourth-order valence-corrected chi connectivity index (χ4v) is 12.6. The smallest absolute Gasteiger partial charge is 0.0619 e. The summed E-state index contributed by atoms with van der Waals surface area (Å²) < 4.78 is 0. The summed E-state index contributed by atoms with van der Waals surface area (Å²) in [6.45, 7) is 28.2. The van der Waals surface area contributed by atoms with E-state index in [1.807, 2.05) is 0 Å². The van der Waals surface area contributed by atoms with E-state index in [2.05, 4.69) is 241 Å². The third-order valence-electron chi connectivity index (χ3n) is 16.2. The molecule has 66 heavy (non-hydrogen) atoms.